The van der Waals surface area contributed by atoms with E-state index in [9.17, 15) is 19.2 Å². The SMILES string of the molecule is CC(C)(C)OC(=O)NOC(=O)OC(C)(C)C.CCN(OC(=O)OC(C)(C)C)C(=O)OC(C)(C)C. The highest BCUT2D eigenvalue weighted by molar-refractivity contribution is 5.70. The van der Waals surface area contributed by atoms with Gasteiger partial charge in [0, 0.05) is 0 Å². The highest BCUT2D eigenvalue weighted by atomic mass is 16.8. The lowest BCUT2D eigenvalue weighted by Gasteiger charge is -2.26. The minimum atomic E-state index is -0.988. The zero-order chi connectivity index (χ0) is 27.5. The van der Waals surface area contributed by atoms with Gasteiger partial charge >= 0.3 is 24.5 Å². The average molecular weight is 495 g/mol. The van der Waals surface area contributed by atoms with Gasteiger partial charge in [0.15, 0.2) is 0 Å². The Morgan fingerprint density at radius 1 is 0.618 bits per heavy atom. The second-order valence-electron chi connectivity index (χ2n) is 10.9. The van der Waals surface area contributed by atoms with Crippen LogP contribution in [0.5, 0.6) is 0 Å². The van der Waals surface area contributed by atoms with Crippen molar-refractivity contribution in [2.45, 2.75) is 112 Å². The molecular weight excluding hydrogens is 452 g/mol. The van der Waals surface area contributed by atoms with E-state index >= 15 is 0 Å². The highest BCUT2D eigenvalue weighted by Gasteiger charge is 2.27. The number of nitrogens with zero attached hydrogens (tertiary/aromatic N) is 1. The van der Waals surface area contributed by atoms with E-state index in [2.05, 4.69) is 4.84 Å². The third kappa shape index (κ3) is 22.3. The van der Waals surface area contributed by atoms with Crippen LogP contribution in [0.15, 0.2) is 0 Å². The van der Waals surface area contributed by atoms with Crippen molar-refractivity contribution in [2.24, 2.45) is 0 Å². The summed E-state index contributed by atoms with van der Waals surface area (Å²) in [5.74, 6) is 0. The molecule has 0 unspecified atom stereocenters. The van der Waals surface area contributed by atoms with Crippen molar-refractivity contribution >= 4 is 24.5 Å². The fourth-order valence-corrected chi connectivity index (χ4v) is 1.56. The monoisotopic (exact) mass is 494 g/mol. The molecule has 0 aromatic carbocycles. The molecule has 0 fully saturated rings. The van der Waals surface area contributed by atoms with Crippen LogP contribution in [0, 0.1) is 0 Å². The number of hydrogen-bond acceptors (Lipinski definition) is 10. The zero-order valence-corrected chi connectivity index (χ0v) is 22.7. The predicted octanol–water partition coefficient (Wildman–Crippen LogP) is 5.49. The normalized spacial score (nSPS) is 11.7. The highest BCUT2D eigenvalue weighted by Crippen LogP contribution is 2.13. The van der Waals surface area contributed by atoms with Crippen LogP contribution >= 0.6 is 0 Å². The molecule has 0 bridgehead atoms. The van der Waals surface area contributed by atoms with Crippen LogP contribution < -0.4 is 5.48 Å². The molecule has 0 rings (SSSR count). The summed E-state index contributed by atoms with van der Waals surface area (Å²) in [5.41, 5.74) is -0.827. The van der Waals surface area contributed by atoms with Crippen molar-refractivity contribution in [3.63, 3.8) is 0 Å². The minimum absolute atomic E-state index is 0.175. The molecule has 200 valence electrons. The molecule has 0 spiro atoms. The summed E-state index contributed by atoms with van der Waals surface area (Å²) in [7, 11) is 0. The number of carbonyl (C=O) groups is 4. The summed E-state index contributed by atoms with van der Waals surface area (Å²) in [6.45, 7) is 22.3. The topological polar surface area (TPSA) is 139 Å². The molecule has 12 nitrogen and oxygen atoms in total. The van der Waals surface area contributed by atoms with Gasteiger partial charge in [-0.25, -0.2) is 19.2 Å². The Labute approximate surface area is 202 Å². The Morgan fingerprint density at radius 3 is 1.35 bits per heavy atom. The first-order chi connectivity index (χ1) is 14.9. The second kappa shape index (κ2) is 13.1. The summed E-state index contributed by atoms with van der Waals surface area (Å²) < 4.78 is 19.6. The molecule has 0 aliphatic heterocycles. The smallest absolute Gasteiger partial charge is 0.442 e. The quantitative estimate of drug-likeness (QED) is 0.283. The van der Waals surface area contributed by atoms with Gasteiger partial charge < -0.3 is 28.6 Å². The molecule has 2 amide bonds. The van der Waals surface area contributed by atoms with Gasteiger partial charge in [-0.1, -0.05) is 0 Å². The van der Waals surface area contributed by atoms with Crippen LogP contribution in [-0.4, -0.2) is 58.5 Å². The van der Waals surface area contributed by atoms with Gasteiger partial charge in [0.05, 0.1) is 6.54 Å². The number of amides is 2. The Hall–Kier alpha value is -2.92. The van der Waals surface area contributed by atoms with Crippen molar-refractivity contribution in [1.29, 1.82) is 0 Å². The van der Waals surface area contributed by atoms with Crippen LogP contribution in [0.1, 0.15) is 90.0 Å². The van der Waals surface area contributed by atoms with Crippen LogP contribution in [-0.2, 0) is 28.6 Å². The summed E-state index contributed by atoms with van der Waals surface area (Å²) in [6.07, 6.45) is -3.50. The van der Waals surface area contributed by atoms with Crippen molar-refractivity contribution < 1.29 is 47.8 Å². The van der Waals surface area contributed by atoms with Crippen LogP contribution in [0.4, 0.5) is 19.2 Å². The maximum absolute atomic E-state index is 11.7. The van der Waals surface area contributed by atoms with E-state index in [0.29, 0.717) is 0 Å². The van der Waals surface area contributed by atoms with Gasteiger partial charge in [0.25, 0.3) is 0 Å². The number of hydrogen-bond donors (Lipinski definition) is 1. The molecule has 0 saturated carbocycles. The molecule has 34 heavy (non-hydrogen) atoms. The van der Waals surface area contributed by atoms with Crippen molar-refractivity contribution in [3.8, 4) is 0 Å². The summed E-state index contributed by atoms with van der Waals surface area (Å²) in [6, 6.07) is 0. The summed E-state index contributed by atoms with van der Waals surface area (Å²) in [5, 5.41) is 0.819. The maximum Gasteiger partial charge on any atom is 0.534 e. The van der Waals surface area contributed by atoms with Crippen LogP contribution in [0.2, 0.25) is 0 Å². The Morgan fingerprint density at radius 2 is 1.00 bits per heavy atom. The lowest BCUT2D eigenvalue weighted by Crippen LogP contribution is -2.39. The first-order valence-electron chi connectivity index (χ1n) is 10.7. The Bertz CT molecular complexity index is 652. The van der Waals surface area contributed by atoms with Crippen LogP contribution in [0.25, 0.3) is 0 Å². The molecule has 0 aromatic rings. The van der Waals surface area contributed by atoms with E-state index in [1.54, 1.807) is 90.0 Å². The second-order valence-corrected chi connectivity index (χ2v) is 10.9. The van der Waals surface area contributed by atoms with Gasteiger partial charge in [-0.15, -0.1) is 10.5 Å². The molecule has 0 heterocycles. The van der Waals surface area contributed by atoms with Gasteiger partial charge in [0.2, 0.25) is 0 Å². The molecule has 1 N–H and O–H groups in total. The maximum atomic E-state index is 11.7. The van der Waals surface area contributed by atoms with Gasteiger partial charge in [-0.3, -0.25) is 0 Å². The standard InChI is InChI=1S/C12H23NO5.C10H19NO5/c1-8-13(9(14)16-11(2,3)4)18-10(15)17-12(5,6)7;1-9(2,3)14-7(12)11-16-8(13)15-10(4,5)6/h8H2,1-7H3;1-6H3,(H,11,12). The van der Waals surface area contributed by atoms with E-state index < -0.39 is 46.9 Å². The van der Waals surface area contributed by atoms with E-state index in [-0.39, 0.29) is 6.54 Å². The molecular formula is C22H42N2O10. The fraction of sp³-hybridized carbons (Fsp3) is 0.818. The lowest BCUT2D eigenvalue weighted by molar-refractivity contribution is -0.133. The van der Waals surface area contributed by atoms with E-state index in [1.807, 2.05) is 5.48 Å². The number of carbonyl (C=O) groups excluding carboxylic acids is 4. The minimum Gasteiger partial charge on any atom is -0.442 e. The first-order valence-corrected chi connectivity index (χ1v) is 10.7. The number of rotatable bonds is 1. The van der Waals surface area contributed by atoms with Crippen molar-refractivity contribution in [2.75, 3.05) is 6.54 Å². The van der Waals surface area contributed by atoms with Crippen LogP contribution in [0.3, 0.4) is 0 Å². The summed E-state index contributed by atoms with van der Waals surface area (Å²) >= 11 is 0. The molecule has 0 aliphatic carbocycles. The molecule has 0 atom stereocenters. The van der Waals surface area contributed by atoms with E-state index in [1.165, 1.54) is 0 Å². The summed E-state index contributed by atoms with van der Waals surface area (Å²) in [4.78, 5) is 54.3. The van der Waals surface area contributed by atoms with Gasteiger partial charge in [-0.2, -0.15) is 0 Å². The molecule has 0 aromatic heterocycles. The van der Waals surface area contributed by atoms with E-state index in [4.69, 9.17) is 23.8 Å². The Balaban J connectivity index is 0. The first kappa shape index (κ1) is 33.3. The third-order valence-corrected chi connectivity index (χ3v) is 2.46. The number of ether oxygens (including phenoxy) is 4. The van der Waals surface area contributed by atoms with Gasteiger partial charge in [0.1, 0.15) is 22.4 Å². The van der Waals surface area contributed by atoms with E-state index in [0.717, 1.165) is 5.06 Å². The number of hydroxylamine groups is 3. The fourth-order valence-electron chi connectivity index (χ4n) is 1.56. The van der Waals surface area contributed by atoms with Crippen molar-refractivity contribution in [3.05, 3.63) is 0 Å². The predicted molar refractivity (Wildman–Crippen MR) is 123 cm³/mol. The third-order valence-electron chi connectivity index (χ3n) is 2.46. The average Bonchev–Trinajstić information content (AvgIpc) is 2.52. The van der Waals surface area contributed by atoms with Crippen molar-refractivity contribution in [1.82, 2.24) is 10.5 Å². The number of nitrogens with one attached hydrogen (secondary N) is 1. The van der Waals surface area contributed by atoms with Gasteiger partial charge in [-0.05, 0) is 90.0 Å². The zero-order valence-electron chi connectivity index (χ0n) is 22.7. The molecule has 0 saturated heterocycles. The molecule has 0 aliphatic rings. The molecule has 0 radical (unpaired) electrons. The lowest BCUT2D eigenvalue weighted by atomic mass is 10.2. The molecule has 12 heteroatoms. The largest absolute Gasteiger partial charge is 0.534 e. The Kier molecular flexibility index (Phi) is 12.8.